The lowest BCUT2D eigenvalue weighted by Gasteiger charge is -2.28. The molecule has 176 valence electrons. The molecule has 3 aromatic heterocycles. The van der Waals surface area contributed by atoms with Crippen molar-refractivity contribution in [1.29, 1.82) is 0 Å². The molecule has 0 aliphatic carbocycles. The first-order chi connectivity index (χ1) is 16.5. The number of rotatable bonds is 4. The summed E-state index contributed by atoms with van der Waals surface area (Å²) in [5.41, 5.74) is 2.23. The molecule has 6 rings (SSSR count). The van der Waals surface area contributed by atoms with Crippen LogP contribution >= 0.6 is 11.3 Å². The molecule has 34 heavy (non-hydrogen) atoms. The lowest BCUT2D eigenvalue weighted by molar-refractivity contribution is -0.122. The van der Waals surface area contributed by atoms with Crippen LogP contribution in [0.25, 0.3) is 32.5 Å². The molecular formula is C21H21N7O4S2. The number of sulfonamides is 1. The van der Waals surface area contributed by atoms with Crippen LogP contribution in [-0.2, 0) is 19.6 Å². The molecule has 0 radical (unpaired) electrons. The van der Waals surface area contributed by atoms with Crippen molar-refractivity contribution in [2.75, 3.05) is 50.8 Å². The van der Waals surface area contributed by atoms with Crippen LogP contribution in [0, 0.1) is 0 Å². The van der Waals surface area contributed by atoms with Gasteiger partial charge in [0.25, 0.3) is 10.0 Å². The number of nitrogens with zero attached hydrogens (tertiary/aromatic N) is 5. The topological polar surface area (TPSA) is 133 Å². The highest BCUT2D eigenvalue weighted by molar-refractivity contribution is 7.91. The van der Waals surface area contributed by atoms with Gasteiger partial charge >= 0.3 is 0 Å². The SMILES string of the molecule is O=C1CN(S(=O)(=O)c2cc3nc(-c4cccc5[nH]ncc45)nc(N4CCOCC4)c3s2)CCN1. The summed E-state index contributed by atoms with van der Waals surface area (Å²) in [7, 11) is -3.84. The summed E-state index contributed by atoms with van der Waals surface area (Å²) in [6.07, 6.45) is 1.73. The number of amides is 1. The molecule has 13 heteroatoms. The maximum absolute atomic E-state index is 13.3. The molecule has 1 amide bonds. The fourth-order valence-electron chi connectivity index (χ4n) is 4.24. The highest BCUT2D eigenvalue weighted by Crippen LogP contribution is 2.38. The second-order valence-corrected chi connectivity index (χ2v) is 11.3. The van der Waals surface area contributed by atoms with Gasteiger partial charge in [-0.25, -0.2) is 18.4 Å². The van der Waals surface area contributed by atoms with E-state index in [0.29, 0.717) is 54.7 Å². The number of hydrogen-bond acceptors (Lipinski definition) is 9. The normalized spacial score (nSPS) is 18.0. The molecular weight excluding hydrogens is 478 g/mol. The number of nitrogens with one attached hydrogen (secondary N) is 2. The molecule has 11 nitrogen and oxygen atoms in total. The molecule has 2 aliphatic rings. The van der Waals surface area contributed by atoms with E-state index in [2.05, 4.69) is 20.4 Å². The van der Waals surface area contributed by atoms with E-state index in [1.54, 1.807) is 12.3 Å². The second kappa shape index (κ2) is 8.27. The third-order valence-corrected chi connectivity index (χ3v) is 9.38. The van der Waals surface area contributed by atoms with Gasteiger partial charge < -0.3 is 15.0 Å². The van der Waals surface area contributed by atoms with Crippen LogP contribution in [0.1, 0.15) is 0 Å². The molecule has 2 fully saturated rings. The zero-order valence-corrected chi connectivity index (χ0v) is 19.7. The van der Waals surface area contributed by atoms with Gasteiger partial charge in [0.2, 0.25) is 5.91 Å². The van der Waals surface area contributed by atoms with Crippen LogP contribution in [-0.4, -0.2) is 84.7 Å². The average Bonchev–Trinajstić information content (AvgIpc) is 3.51. The lowest BCUT2D eigenvalue weighted by Crippen LogP contribution is -2.49. The first-order valence-corrected chi connectivity index (χ1v) is 13.1. The number of benzene rings is 1. The Morgan fingerprint density at radius 2 is 1.97 bits per heavy atom. The van der Waals surface area contributed by atoms with E-state index in [1.165, 1.54) is 4.31 Å². The van der Waals surface area contributed by atoms with Crippen molar-refractivity contribution in [3.8, 4) is 11.4 Å². The van der Waals surface area contributed by atoms with Gasteiger partial charge in [-0.1, -0.05) is 12.1 Å². The number of ether oxygens (including phenoxy) is 1. The summed E-state index contributed by atoms with van der Waals surface area (Å²) in [5.74, 6) is 0.881. The number of H-pyrrole nitrogens is 1. The molecule has 0 bridgehead atoms. The van der Waals surface area contributed by atoms with Gasteiger partial charge in [-0.05, 0) is 12.1 Å². The average molecular weight is 500 g/mol. The standard InChI is InChI=1S/C21H21N7O4S2/c29-17-12-28(5-4-22-17)34(30,31)18-10-16-19(33-18)21(27-6-8-32-9-7-27)25-20(24-16)13-2-1-3-15-14(13)11-23-26-15/h1-3,10-11H,4-9,12H2,(H,22,29)(H,23,26). The minimum Gasteiger partial charge on any atom is -0.378 e. The molecule has 1 aromatic carbocycles. The Kier molecular flexibility index (Phi) is 5.21. The summed E-state index contributed by atoms with van der Waals surface area (Å²) in [6, 6.07) is 7.35. The van der Waals surface area contributed by atoms with E-state index in [-0.39, 0.29) is 23.2 Å². The minimum absolute atomic E-state index is 0.152. The van der Waals surface area contributed by atoms with E-state index in [4.69, 9.17) is 14.7 Å². The number of carbonyl (C=O) groups is 1. The maximum Gasteiger partial charge on any atom is 0.253 e. The number of morpholine rings is 1. The summed E-state index contributed by atoms with van der Waals surface area (Å²) >= 11 is 1.14. The summed E-state index contributed by atoms with van der Waals surface area (Å²) in [4.78, 5) is 23.6. The first-order valence-electron chi connectivity index (χ1n) is 10.8. The number of carbonyl (C=O) groups excluding carboxylic acids is 1. The van der Waals surface area contributed by atoms with Crippen LogP contribution in [0.4, 0.5) is 5.82 Å². The number of thiophene rings is 1. The van der Waals surface area contributed by atoms with Crippen LogP contribution in [0.15, 0.2) is 34.7 Å². The van der Waals surface area contributed by atoms with E-state index >= 15 is 0 Å². The molecule has 2 aliphatic heterocycles. The zero-order valence-electron chi connectivity index (χ0n) is 18.0. The number of fused-ring (bicyclic) bond motifs is 2. The number of hydrogen-bond donors (Lipinski definition) is 2. The minimum atomic E-state index is -3.84. The first kappa shape index (κ1) is 21.4. The molecule has 0 spiro atoms. The third-order valence-electron chi connectivity index (χ3n) is 5.96. The fraction of sp³-hybridized carbons (Fsp3) is 0.333. The van der Waals surface area contributed by atoms with E-state index in [1.807, 2.05) is 18.2 Å². The number of piperazine rings is 1. The van der Waals surface area contributed by atoms with Crippen molar-refractivity contribution in [2.45, 2.75) is 4.21 Å². The van der Waals surface area contributed by atoms with Gasteiger partial charge in [-0.15, -0.1) is 11.3 Å². The molecule has 5 heterocycles. The highest BCUT2D eigenvalue weighted by atomic mass is 32.2. The van der Waals surface area contributed by atoms with Crippen molar-refractivity contribution in [2.24, 2.45) is 0 Å². The van der Waals surface area contributed by atoms with Crippen LogP contribution in [0.2, 0.25) is 0 Å². The van der Waals surface area contributed by atoms with Gasteiger partial charge in [0.05, 0.1) is 41.7 Å². The van der Waals surface area contributed by atoms with Gasteiger partial charge in [0, 0.05) is 37.1 Å². The fourth-order valence-corrected chi connectivity index (χ4v) is 7.21. The maximum atomic E-state index is 13.3. The quantitative estimate of drug-likeness (QED) is 0.428. The van der Waals surface area contributed by atoms with Crippen molar-refractivity contribution in [3.63, 3.8) is 0 Å². The highest BCUT2D eigenvalue weighted by Gasteiger charge is 2.32. The predicted octanol–water partition coefficient (Wildman–Crippen LogP) is 1.19. The Morgan fingerprint density at radius 1 is 1.12 bits per heavy atom. The van der Waals surface area contributed by atoms with Gasteiger partial charge in [-0.2, -0.15) is 9.40 Å². The Morgan fingerprint density at radius 3 is 2.79 bits per heavy atom. The molecule has 2 saturated heterocycles. The number of aromatic amines is 1. The largest absolute Gasteiger partial charge is 0.378 e. The van der Waals surface area contributed by atoms with Crippen LogP contribution in [0.3, 0.4) is 0 Å². The van der Waals surface area contributed by atoms with E-state index in [9.17, 15) is 13.2 Å². The molecule has 0 unspecified atom stereocenters. The van der Waals surface area contributed by atoms with Crippen molar-refractivity contribution in [3.05, 3.63) is 30.5 Å². The summed E-state index contributed by atoms with van der Waals surface area (Å²) in [5, 5.41) is 10.6. The summed E-state index contributed by atoms with van der Waals surface area (Å²) in [6.45, 7) is 2.77. The second-order valence-electron chi connectivity index (χ2n) is 8.08. The smallest absolute Gasteiger partial charge is 0.253 e. The Hall–Kier alpha value is -3.13. The monoisotopic (exact) mass is 499 g/mol. The van der Waals surface area contributed by atoms with Gasteiger partial charge in [0.1, 0.15) is 4.21 Å². The van der Waals surface area contributed by atoms with Crippen LogP contribution in [0.5, 0.6) is 0 Å². The third kappa shape index (κ3) is 3.60. The Bertz CT molecular complexity index is 1510. The number of anilines is 1. The summed E-state index contributed by atoms with van der Waals surface area (Å²) < 4.78 is 34.3. The Balaban J connectivity index is 1.52. The van der Waals surface area contributed by atoms with Gasteiger partial charge in [-0.3, -0.25) is 9.89 Å². The molecule has 2 N–H and O–H groups in total. The van der Waals surface area contributed by atoms with E-state index in [0.717, 1.165) is 27.8 Å². The van der Waals surface area contributed by atoms with Gasteiger partial charge in [0.15, 0.2) is 11.6 Å². The Labute approximate surface area is 198 Å². The number of aromatic nitrogens is 4. The molecule has 4 aromatic rings. The zero-order chi connectivity index (χ0) is 23.3. The van der Waals surface area contributed by atoms with Crippen molar-refractivity contribution in [1.82, 2.24) is 29.8 Å². The van der Waals surface area contributed by atoms with E-state index < -0.39 is 10.0 Å². The molecule has 0 atom stereocenters. The van der Waals surface area contributed by atoms with Crippen molar-refractivity contribution < 1.29 is 17.9 Å². The predicted molar refractivity (Wildman–Crippen MR) is 127 cm³/mol. The lowest BCUT2D eigenvalue weighted by atomic mass is 10.1. The van der Waals surface area contributed by atoms with Crippen molar-refractivity contribution >= 4 is 54.2 Å². The molecule has 0 saturated carbocycles. The van der Waals surface area contributed by atoms with Crippen LogP contribution < -0.4 is 10.2 Å².